The summed E-state index contributed by atoms with van der Waals surface area (Å²) in [6, 6.07) is 15.4. The summed E-state index contributed by atoms with van der Waals surface area (Å²) in [4.78, 5) is 23.9. The number of unbranched alkanes of at least 4 members (excludes halogenated alkanes) is 1. The van der Waals surface area contributed by atoms with Crippen LogP contribution in [0.2, 0.25) is 0 Å². The van der Waals surface area contributed by atoms with E-state index < -0.39 is 25.5 Å². The Morgan fingerprint density at radius 1 is 1.00 bits per heavy atom. The fraction of sp³-hybridized carbons (Fsp3) is 0.440. The van der Waals surface area contributed by atoms with Crippen molar-refractivity contribution in [3.63, 3.8) is 0 Å². The SMILES string of the molecule is CCCCP(=O)(N[C@@H](CCC(=O)OC)C(=O)OC)OCC1c2ccccc2-c2ccccc21. The van der Waals surface area contributed by atoms with Crippen molar-refractivity contribution >= 4 is 19.5 Å². The third-order valence-corrected chi connectivity index (χ3v) is 8.10. The summed E-state index contributed by atoms with van der Waals surface area (Å²) in [5.74, 6) is -1.09. The predicted molar refractivity (Wildman–Crippen MR) is 127 cm³/mol. The molecule has 0 spiro atoms. The fourth-order valence-electron chi connectivity index (χ4n) is 4.15. The quantitative estimate of drug-likeness (QED) is 0.347. The summed E-state index contributed by atoms with van der Waals surface area (Å²) < 4.78 is 29.5. The Kier molecular flexibility index (Phi) is 8.84. The van der Waals surface area contributed by atoms with Crippen LogP contribution >= 0.6 is 7.52 Å². The first kappa shape index (κ1) is 25.2. The second kappa shape index (κ2) is 11.6. The summed E-state index contributed by atoms with van der Waals surface area (Å²) in [5.41, 5.74) is 4.58. The Morgan fingerprint density at radius 2 is 1.61 bits per heavy atom. The highest BCUT2D eigenvalue weighted by Gasteiger charge is 2.34. The van der Waals surface area contributed by atoms with Gasteiger partial charge in [0.2, 0.25) is 0 Å². The highest BCUT2D eigenvalue weighted by Crippen LogP contribution is 2.49. The number of nitrogens with one attached hydrogen (secondary N) is 1. The van der Waals surface area contributed by atoms with Gasteiger partial charge < -0.3 is 14.0 Å². The molecule has 1 N–H and O–H groups in total. The number of rotatable bonds is 12. The van der Waals surface area contributed by atoms with Crippen molar-refractivity contribution in [2.45, 2.75) is 44.6 Å². The molecule has 3 rings (SSSR count). The molecule has 0 aromatic heterocycles. The topological polar surface area (TPSA) is 90.9 Å². The molecule has 2 atom stereocenters. The number of methoxy groups -OCH3 is 2. The Morgan fingerprint density at radius 3 is 2.15 bits per heavy atom. The van der Waals surface area contributed by atoms with Crippen molar-refractivity contribution in [2.24, 2.45) is 0 Å². The Bertz CT molecular complexity index is 978. The van der Waals surface area contributed by atoms with Gasteiger partial charge in [0, 0.05) is 18.5 Å². The van der Waals surface area contributed by atoms with Crippen LogP contribution in [-0.2, 0) is 28.2 Å². The van der Waals surface area contributed by atoms with Gasteiger partial charge in [-0.1, -0.05) is 61.9 Å². The van der Waals surface area contributed by atoms with E-state index in [0.717, 1.165) is 28.7 Å². The van der Waals surface area contributed by atoms with Gasteiger partial charge in [0.05, 0.1) is 20.8 Å². The highest BCUT2D eigenvalue weighted by molar-refractivity contribution is 7.56. The molecule has 1 unspecified atom stereocenters. The van der Waals surface area contributed by atoms with Gasteiger partial charge in [-0.3, -0.25) is 14.2 Å². The molecule has 8 heteroatoms. The van der Waals surface area contributed by atoms with Crippen LogP contribution in [0.4, 0.5) is 0 Å². The van der Waals surface area contributed by atoms with Gasteiger partial charge in [-0.15, -0.1) is 0 Å². The van der Waals surface area contributed by atoms with E-state index in [4.69, 9.17) is 9.26 Å². The monoisotopic (exact) mass is 473 g/mol. The van der Waals surface area contributed by atoms with Crippen LogP contribution in [0.15, 0.2) is 48.5 Å². The summed E-state index contributed by atoms with van der Waals surface area (Å²) in [7, 11) is -0.856. The van der Waals surface area contributed by atoms with Crippen molar-refractivity contribution in [3.8, 4) is 11.1 Å². The van der Waals surface area contributed by atoms with Gasteiger partial charge in [-0.25, -0.2) is 5.09 Å². The maximum atomic E-state index is 13.8. The first-order valence-corrected chi connectivity index (χ1v) is 13.1. The van der Waals surface area contributed by atoms with E-state index >= 15 is 0 Å². The van der Waals surface area contributed by atoms with Crippen molar-refractivity contribution < 1.29 is 28.2 Å². The van der Waals surface area contributed by atoms with E-state index in [9.17, 15) is 14.2 Å². The van der Waals surface area contributed by atoms with Crippen LogP contribution in [0, 0.1) is 0 Å². The van der Waals surface area contributed by atoms with Crippen LogP contribution in [0.1, 0.15) is 49.7 Å². The van der Waals surface area contributed by atoms with Crippen LogP contribution in [-0.4, -0.2) is 45.0 Å². The lowest BCUT2D eigenvalue weighted by Crippen LogP contribution is -2.37. The van der Waals surface area contributed by atoms with Gasteiger partial charge >= 0.3 is 11.9 Å². The maximum Gasteiger partial charge on any atom is 0.323 e. The van der Waals surface area contributed by atoms with Crippen molar-refractivity contribution in [3.05, 3.63) is 59.7 Å². The Balaban J connectivity index is 1.80. The average molecular weight is 474 g/mol. The van der Waals surface area contributed by atoms with Crippen LogP contribution in [0.25, 0.3) is 11.1 Å². The molecule has 1 aliphatic carbocycles. The zero-order valence-electron chi connectivity index (χ0n) is 19.4. The highest BCUT2D eigenvalue weighted by atomic mass is 31.2. The molecular formula is C25H32NO6P. The molecule has 1 aliphatic rings. The molecule has 0 saturated carbocycles. The zero-order chi connectivity index (χ0) is 23.8. The molecule has 2 aromatic rings. The lowest BCUT2D eigenvalue weighted by atomic mass is 9.98. The normalized spacial score (nSPS) is 15.2. The summed E-state index contributed by atoms with van der Waals surface area (Å²) >= 11 is 0. The van der Waals surface area contributed by atoms with E-state index in [1.54, 1.807) is 0 Å². The number of carbonyl (C=O) groups is 2. The number of benzene rings is 2. The third kappa shape index (κ3) is 6.11. The summed E-state index contributed by atoms with van der Waals surface area (Å²) in [5, 5.41) is 2.92. The Hall–Kier alpha value is -2.47. The number of esters is 2. The number of ether oxygens (including phenoxy) is 2. The van der Waals surface area contributed by atoms with Crippen molar-refractivity contribution in [1.29, 1.82) is 0 Å². The average Bonchev–Trinajstić information content (AvgIpc) is 3.17. The number of carbonyl (C=O) groups excluding carboxylic acids is 2. The molecule has 0 aliphatic heterocycles. The lowest BCUT2D eigenvalue weighted by Gasteiger charge is -2.26. The first-order valence-electron chi connectivity index (χ1n) is 11.3. The van der Waals surface area contributed by atoms with Crippen LogP contribution in [0.3, 0.4) is 0 Å². The standard InChI is InChI=1S/C25H32NO6P/c1-4-5-16-33(29,26-23(25(28)31-3)14-15-24(27)30-2)32-17-22-20-12-8-6-10-18(20)19-11-7-9-13-21(19)22/h6-13,22-23H,4-5,14-17H2,1-3H3,(H,26,29)/t23-,33?/m0/s1. The zero-order valence-corrected chi connectivity index (χ0v) is 20.3. The molecule has 2 aromatic carbocycles. The molecule has 0 amide bonds. The predicted octanol–water partition coefficient (Wildman–Crippen LogP) is 4.89. The van der Waals surface area contributed by atoms with E-state index in [1.165, 1.54) is 14.2 Å². The maximum absolute atomic E-state index is 13.8. The molecule has 7 nitrogen and oxygen atoms in total. The molecule has 178 valence electrons. The van der Waals surface area contributed by atoms with Gasteiger partial charge in [0.1, 0.15) is 6.04 Å². The minimum atomic E-state index is -3.41. The van der Waals surface area contributed by atoms with Gasteiger partial charge in [-0.05, 0) is 35.1 Å². The molecular weight excluding hydrogens is 441 g/mol. The van der Waals surface area contributed by atoms with Gasteiger partial charge in [0.25, 0.3) is 7.52 Å². The third-order valence-electron chi connectivity index (χ3n) is 5.92. The van der Waals surface area contributed by atoms with E-state index in [2.05, 4.69) is 34.1 Å². The van der Waals surface area contributed by atoms with Gasteiger partial charge in [-0.2, -0.15) is 0 Å². The number of hydrogen-bond donors (Lipinski definition) is 1. The molecule has 0 saturated heterocycles. The number of hydrogen-bond acceptors (Lipinski definition) is 6. The van der Waals surface area contributed by atoms with E-state index in [0.29, 0.717) is 6.42 Å². The fourth-order valence-corrected chi connectivity index (χ4v) is 6.31. The summed E-state index contributed by atoms with van der Waals surface area (Å²) in [6.45, 7) is 2.22. The second-order valence-corrected chi connectivity index (χ2v) is 10.4. The second-order valence-electron chi connectivity index (χ2n) is 8.09. The molecule has 0 heterocycles. The van der Waals surface area contributed by atoms with E-state index in [-0.39, 0.29) is 31.5 Å². The minimum Gasteiger partial charge on any atom is -0.469 e. The first-order chi connectivity index (χ1) is 15.9. The van der Waals surface area contributed by atoms with Crippen molar-refractivity contribution in [2.75, 3.05) is 27.0 Å². The van der Waals surface area contributed by atoms with Gasteiger partial charge in [0.15, 0.2) is 0 Å². The largest absolute Gasteiger partial charge is 0.469 e. The number of fused-ring (bicyclic) bond motifs is 3. The lowest BCUT2D eigenvalue weighted by molar-refractivity contribution is -0.144. The Labute approximate surface area is 195 Å². The summed E-state index contributed by atoms with van der Waals surface area (Å²) in [6.07, 6.45) is 1.89. The minimum absolute atomic E-state index is 0.000417. The van der Waals surface area contributed by atoms with Crippen LogP contribution < -0.4 is 5.09 Å². The molecule has 0 bridgehead atoms. The molecule has 33 heavy (non-hydrogen) atoms. The van der Waals surface area contributed by atoms with Crippen LogP contribution in [0.5, 0.6) is 0 Å². The van der Waals surface area contributed by atoms with E-state index in [1.807, 2.05) is 31.2 Å². The molecule has 0 radical (unpaired) electrons. The molecule has 0 fully saturated rings. The van der Waals surface area contributed by atoms with Crippen molar-refractivity contribution in [1.82, 2.24) is 5.09 Å². The smallest absolute Gasteiger partial charge is 0.323 e.